The molecule has 0 bridgehead atoms. The van der Waals surface area contributed by atoms with E-state index >= 15 is 0 Å². The van der Waals surface area contributed by atoms with E-state index in [0.29, 0.717) is 6.07 Å². The summed E-state index contributed by atoms with van der Waals surface area (Å²) < 4.78 is 44.3. The van der Waals surface area contributed by atoms with Crippen molar-refractivity contribution in [2.75, 3.05) is 5.32 Å². The molecule has 0 radical (unpaired) electrons. The Kier molecular flexibility index (Phi) is 5.53. The maximum atomic E-state index is 13.5. The Balaban J connectivity index is 2.09. The molecule has 2 rings (SSSR count). The zero-order valence-corrected chi connectivity index (χ0v) is 13.4. The van der Waals surface area contributed by atoms with Crippen LogP contribution < -0.4 is 5.32 Å². The van der Waals surface area contributed by atoms with Gasteiger partial charge in [-0.1, -0.05) is 11.6 Å². The summed E-state index contributed by atoms with van der Waals surface area (Å²) >= 11 is 5.71. The molecule has 0 heterocycles. The molecule has 132 valence electrons. The van der Waals surface area contributed by atoms with Gasteiger partial charge in [0.1, 0.15) is 11.3 Å². The molecular weight excluding hydrogens is 363 g/mol. The van der Waals surface area contributed by atoms with Gasteiger partial charge in [0, 0.05) is 5.02 Å². The first-order valence-electron chi connectivity index (χ1n) is 6.84. The average molecular weight is 374 g/mol. The molecule has 1 amide bonds. The molecule has 0 aromatic heterocycles. The van der Waals surface area contributed by atoms with E-state index in [0.717, 1.165) is 12.1 Å². The second-order valence-electron chi connectivity index (χ2n) is 4.92. The lowest BCUT2D eigenvalue weighted by Crippen LogP contribution is -2.30. The van der Waals surface area contributed by atoms with Gasteiger partial charge in [0.05, 0.1) is 5.69 Å². The fourth-order valence-corrected chi connectivity index (χ4v) is 1.98. The van der Waals surface area contributed by atoms with E-state index in [-0.39, 0.29) is 10.6 Å². The summed E-state index contributed by atoms with van der Waals surface area (Å²) in [4.78, 5) is 23.9. The summed E-state index contributed by atoms with van der Waals surface area (Å²) in [5.41, 5.74) is -0.886. The number of rotatable bonds is 4. The third kappa shape index (κ3) is 4.21. The number of carbonyl (C=O) groups is 2. The molecule has 0 saturated heterocycles. The number of phenolic OH excluding ortho intramolecular Hbond substituents is 1. The smallest absolute Gasteiger partial charge is 0.342 e. The summed E-state index contributed by atoms with van der Waals surface area (Å²) in [6.07, 6.45) is -1.42. The minimum atomic E-state index is -1.74. The van der Waals surface area contributed by atoms with Crippen molar-refractivity contribution < 1.29 is 32.6 Å². The predicted molar refractivity (Wildman–Crippen MR) is 82.9 cm³/mol. The van der Waals surface area contributed by atoms with Gasteiger partial charge in [-0.05, 0) is 37.3 Å². The number of nitrogens with one attached hydrogen (secondary N) is 1. The number of carbonyl (C=O) groups excluding carboxylic acids is 2. The predicted octanol–water partition coefficient (Wildman–Crippen LogP) is 3.65. The van der Waals surface area contributed by atoms with E-state index in [1.807, 2.05) is 5.32 Å². The van der Waals surface area contributed by atoms with Gasteiger partial charge in [-0.15, -0.1) is 0 Å². The monoisotopic (exact) mass is 373 g/mol. The van der Waals surface area contributed by atoms with Crippen molar-refractivity contribution in [3.63, 3.8) is 0 Å². The molecule has 0 aliphatic rings. The van der Waals surface area contributed by atoms with Gasteiger partial charge in [-0.25, -0.2) is 18.0 Å². The Labute approximate surface area is 145 Å². The number of phenols is 1. The van der Waals surface area contributed by atoms with Gasteiger partial charge in [0.25, 0.3) is 5.91 Å². The van der Waals surface area contributed by atoms with Crippen LogP contribution in [0, 0.1) is 17.5 Å². The van der Waals surface area contributed by atoms with Crippen LogP contribution in [0.15, 0.2) is 30.3 Å². The summed E-state index contributed by atoms with van der Waals surface area (Å²) in [6.45, 7) is 1.17. The van der Waals surface area contributed by atoms with Crippen LogP contribution >= 0.6 is 11.6 Å². The molecule has 25 heavy (non-hydrogen) atoms. The highest BCUT2D eigenvalue weighted by Gasteiger charge is 2.23. The van der Waals surface area contributed by atoms with E-state index in [1.165, 1.54) is 19.1 Å². The van der Waals surface area contributed by atoms with Crippen LogP contribution in [-0.4, -0.2) is 23.1 Å². The Morgan fingerprint density at radius 2 is 1.84 bits per heavy atom. The summed E-state index contributed by atoms with van der Waals surface area (Å²) in [7, 11) is 0. The lowest BCUT2D eigenvalue weighted by Gasteiger charge is -2.14. The van der Waals surface area contributed by atoms with Crippen LogP contribution in [0.4, 0.5) is 18.9 Å². The zero-order chi connectivity index (χ0) is 18.7. The van der Waals surface area contributed by atoms with Crippen molar-refractivity contribution in [1.82, 2.24) is 0 Å². The lowest BCUT2D eigenvalue weighted by molar-refractivity contribution is -0.123. The molecule has 2 aromatic rings. The minimum Gasteiger partial charge on any atom is -0.507 e. The van der Waals surface area contributed by atoms with Crippen LogP contribution in [0.3, 0.4) is 0 Å². The molecule has 0 unspecified atom stereocenters. The molecular formula is C16H11ClF3NO4. The topological polar surface area (TPSA) is 75.6 Å². The molecule has 1 atom stereocenters. The van der Waals surface area contributed by atoms with Crippen LogP contribution in [0.1, 0.15) is 17.3 Å². The number of hydrogen-bond donors (Lipinski definition) is 2. The van der Waals surface area contributed by atoms with Gasteiger partial charge in [-0.3, -0.25) is 4.79 Å². The zero-order valence-electron chi connectivity index (χ0n) is 12.6. The second kappa shape index (κ2) is 7.43. The van der Waals surface area contributed by atoms with Crippen molar-refractivity contribution in [1.29, 1.82) is 0 Å². The lowest BCUT2D eigenvalue weighted by atomic mass is 10.2. The number of halogens is 4. The first-order chi connectivity index (χ1) is 11.7. The largest absolute Gasteiger partial charge is 0.507 e. The van der Waals surface area contributed by atoms with E-state index < -0.39 is 46.9 Å². The number of amides is 1. The Morgan fingerprint density at radius 1 is 1.16 bits per heavy atom. The number of hydrogen-bond acceptors (Lipinski definition) is 4. The van der Waals surface area contributed by atoms with E-state index in [2.05, 4.69) is 0 Å². The number of esters is 1. The van der Waals surface area contributed by atoms with Crippen molar-refractivity contribution >= 4 is 29.2 Å². The number of ether oxygens (including phenoxy) is 1. The molecule has 0 aliphatic heterocycles. The molecule has 0 fully saturated rings. The van der Waals surface area contributed by atoms with Crippen molar-refractivity contribution in [2.24, 2.45) is 0 Å². The second-order valence-corrected chi connectivity index (χ2v) is 5.36. The highest BCUT2D eigenvalue weighted by atomic mass is 35.5. The summed E-state index contributed by atoms with van der Waals surface area (Å²) in [6, 6.07) is 5.10. The molecule has 0 aliphatic carbocycles. The molecule has 2 N–H and O–H groups in total. The van der Waals surface area contributed by atoms with Crippen LogP contribution in [-0.2, 0) is 9.53 Å². The van der Waals surface area contributed by atoms with Gasteiger partial charge in [-0.2, -0.15) is 0 Å². The molecule has 0 spiro atoms. The fourth-order valence-electron chi connectivity index (χ4n) is 1.81. The first-order valence-corrected chi connectivity index (χ1v) is 7.22. The Hall–Kier alpha value is -2.74. The maximum absolute atomic E-state index is 13.5. The molecule has 9 heteroatoms. The molecule has 0 saturated carbocycles. The summed E-state index contributed by atoms with van der Waals surface area (Å²) in [5.74, 6) is -7.18. The normalized spacial score (nSPS) is 11.7. The highest BCUT2D eigenvalue weighted by molar-refractivity contribution is 6.31. The van der Waals surface area contributed by atoms with E-state index in [1.54, 1.807) is 0 Å². The van der Waals surface area contributed by atoms with Crippen LogP contribution in [0.25, 0.3) is 0 Å². The van der Waals surface area contributed by atoms with Crippen molar-refractivity contribution in [3.8, 4) is 5.75 Å². The van der Waals surface area contributed by atoms with Crippen molar-refractivity contribution in [2.45, 2.75) is 13.0 Å². The Bertz CT molecular complexity index is 844. The van der Waals surface area contributed by atoms with Gasteiger partial charge in [0.15, 0.2) is 23.6 Å². The molecule has 2 aromatic carbocycles. The minimum absolute atomic E-state index is 0.158. The van der Waals surface area contributed by atoms with Crippen LogP contribution in [0.2, 0.25) is 5.02 Å². The maximum Gasteiger partial charge on any atom is 0.342 e. The first kappa shape index (κ1) is 18.6. The average Bonchev–Trinajstić information content (AvgIpc) is 2.57. The van der Waals surface area contributed by atoms with E-state index in [4.69, 9.17) is 16.3 Å². The molecule has 5 nitrogen and oxygen atoms in total. The van der Waals surface area contributed by atoms with Gasteiger partial charge in [0.2, 0.25) is 0 Å². The van der Waals surface area contributed by atoms with E-state index in [9.17, 15) is 27.9 Å². The van der Waals surface area contributed by atoms with Gasteiger partial charge < -0.3 is 15.2 Å². The Morgan fingerprint density at radius 3 is 2.52 bits per heavy atom. The third-order valence-electron chi connectivity index (χ3n) is 3.12. The number of benzene rings is 2. The highest BCUT2D eigenvalue weighted by Crippen LogP contribution is 2.23. The third-order valence-corrected chi connectivity index (χ3v) is 3.36. The fraction of sp³-hybridized carbons (Fsp3) is 0.125. The van der Waals surface area contributed by atoms with Crippen molar-refractivity contribution in [3.05, 3.63) is 58.4 Å². The van der Waals surface area contributed by atoms with Gasteiger partial charge >= 0.3 is 5.97 Å². The number of aromatic hydroxyl groups is 1. The standard InChI is InChI=1S/C16H11ClF3NO4/c1-7(25-16(24)9-6-8(17)2-5-12(9)22)15(23)21-11-4-3-10(18)13(19)14(11)20/h2-7,22H,1H3,(H,21,23)/t7-/m1/s1. The SMILES string of the molecule is C[C@@H](OC(=O)c1cc(Cl)ccc1O)C(=O)Nc1ccc(F)c(F)c1F. The summed E-state index contributed by atoms with van der Waals surface area (Å²) in [5, 5.41) is 11.7. The number of anilines is 1. The van der Waals surface area contributed by atoms with Crippen LogP contribution in [0.5, 0.6) is 5.75 Å². The quantitative estimate of drug-likeness (QED) is 0.633.